The van der Waals surface area contributed by atoms with E-state index >= 15 is 0 Å². The SMILES string of the molecule is CN(C(=O)COC(=O)/C=C\c1ccc(OC(F)F)cc1)[C@@H]1CCS(=O)(=O)C1. The van der Waals surface area contributed by atoms with E-state index in [1.165, 1.54) is 42.3 Å². The maximum Gasteiger partial charge on any atom is 0.387 e. The average Bonchev–Trinajstić information content (AvgIpc) is 2.97. The van der Waals surface area contributed by atoms with Gasteiger partial charge in [-0.25, -0.2) is 13.2 Å². The Hall–Kier alpha value is -2.49. The molecule has 1 aromatic rings. The van der Waals surface area contributed by atoms with Gasteiger partial charge in [0.25, 0.3) is 5.91 Å². The predicted molar refractivity (Wildman–Crippen MR) is 92.9 cm³/mol. The smallest absolute Gasteiger partial charge is 0.387 e. The molecule has 0 radical (unpaired) electrons. The molecule has 7 nitrogen and oxygen atoms in total. The maximum absolute atomic E-state index is 12.1. The summed E-state index contributed by atoms with van der Waals surface area (Å²) in [6.45, 7) is -3.42. The van der Waals surface area contributed by atoms with Crippen molar-refractivity contribution in [2.24, 2.45) is 0 Å². The third-order valence-corrected chi connectivity index (χ3v) is 5.75. The van der Waals surface area contributed by atoms with E-state index in [4.69, 9.17) is 4.74 Å². The zero-order chi connectivity index (χ0) is 20.0. The molecule has 1 amide bonds. The molecule has 10 heteroatoms. The molecule has 1 heterocycles. The van der Waals surface area contributed by atoms with Crippen molar-refractivity contribution in [3.05, 3.63) is 35.9 Å². The van der Waals surface area contributed by atoms with Crippen molar-refractivity contribution in [3.8, 4) is 5.75 Å². The summed E-state index contributed by atoms with van der Waals surface area (Å²) in [6.07, 6.45) is 2.85. The summed E-state index contributed by atoms with van der Waals surface area (Å²) < 4.78 is 56.1. The van der Waals surface area contributed by atoms with Gasteiger partial charge in [-0.1, -0.05) is 12.1 Å². The standard InChI is InChI=1S/C17H19F2NO6S/c1-20(13-8-9-27(23,24)11-13)15(21)10-25-16(22)7-4-12-2-5-14(6-3-12)26-17(18)19/h2-7,13,17H,8-11H2,1H3/b7-4-/t13-/m1/s1. The summed E-state index contributed by atoms with van der Waals surface area (Å²) in [5, 5.41) is 0. The van der Waals surface area contributed by atoms with Gasteiger partial charge in [-0.05, 0) is 30.2 Å². The Bertz CT molecular complexity index is 807. The van der Waals surface area contributed by atoms with E-state index in [0.717, 1.165) is 6.08 Å². The highest BCUT2D eigenvalue weighted by atomic mass is 32.2. The highest BCUT2D eigenvalue weighted by molar-refractivity contribution is 7.91. The van der Waals surface area contributed by atoms with Gasteiger partial charge in [-0.15, -0.1) is 0 Å². The lowest BCUT2D eigenvalue weighted by molar-refractivity contribution is -0.148. The van der Waals surface area contributed by atoms with E-state index in [9.17, 15) is 26.8 Å². The third-order valence-electron chi connectivity index (χ3n) is 4.00. The zero-order valence-corrected chi connectivity index (χ0v) is 15.3. The van der Waals surface area contributed by atoms with Gasteiger partial charge in [0.1, 0.15) is 5.75 Å². The van der Waals surface area contributed by atoms with Crippen LogP contribution in [0.2, 0.25) is 0 Å². The summed E-state index contributed by atoms with van der Waals surface area (Å²) >= 11 is 0. The van der Waals surface area contributed by atoms with Crippen molar-refractivity contribution in [1.29, 1.82) is 0 Å². The number of alkyl halides is 2. The molecule has 1 fully saturated rings. The summed E-state index contributed by atoms with van der Waals surface area (Å²) in [4.78, 5) is 25.0. The van der Waals surface area contributed by atoms with Crippen LogP contribution in [0.15, 0.2) is 30.3 Å². The number of benzene rings is 1. The molecule has 148 valence electrons. The van der Waals surface area contributed by atoms with Gasteiger partial charge in [0.05, 0.1) is 11.5 Å². The number of halogens is 2. The fourth-order valence-corrected chi connectivity index (χ4v) is 4.27. The van der Waals surface area contributed by atoms with E-state index in [0.29, 0.717) is 12.0 Å². The molecule has 0 aromatic heterocycles. The Morgan fingerprint density at radius 1 is 1.30 bits per heavy atom. The first kappa shape index (κ1) is 20.8. The number of carbonyl (C=O) groups excluding carboxylic acids is 2. The summed E-state index contributed by atoms with van der Waals surface area (Å²) in [5.74, 6) is -1.31. The van der Waals surface area contributed by atoms with Crippen LogP contribution in [-0.4, -0.2) is 63.0 Å². The second kappa shape index (κ2) is 8.94. The van der Waals surface area contributed by atoms with E-state index in [-0.39, 0.29) is 17.3 Å². The third kappa shape index (κ3) is 6.63. The predicted octanol–water partition coefficient (Wildman–Crippen LogP) is 1.49. The Balaban J connectivity index is 1.79. The van der Waals surface area contributed by atoms with Crippen LogP contribution >= 0.6 is 0 Å². The van der Waals surface area contributed by atoms with Crippen molar-refractivity contribution in [3.63, 3.8) is 0 Å². The van der Waals surface area contributed by atoms with E-state index in [1.807, 2.05) is 0 Å². The Morgan fingerprint density at radius 3 is 2.52 bits per heavy atom. The van der Waals surface area contributed by atoms with Crippen LogP contribution in [0.25, 0.3) is 6.08 Å². The second-order valence-corrected chi connectivity index (χ2v) is 8.18. The Labute approximate surface area is 155 Å². The van der Waals surface area contributed by atoms with Crippen molar-refractivity contribution < 1.29 is 36.3 Å². The van der Waals surface area contributed by atoms with Crippen LogP contribution in [-0.2, 0) is 24.2 Å². The normalized spacial score (nSPS) is 18.6. The minimum absolute atomic E-state index is 0.00714. The van der Waals surface area contributed by atoms with E-state index < -0.39 is 41.0 Å². The van der Waals surface area contributed by atoms with Crippen LogP contribution in [0.1, 0.15) is 12.0 Å². The maximum atomic E-state index is 12.1. The number of hydrogen-bond acceptors (Lipinski definition) is 6. The molecule has 0 aliphatic carbocycles. The second-order valence-electron chi connectivity index (χ2n) is 5.95. The van der Waals surface area contributed by atoms with Gasteiger partial charge in [0.2, 0.25) is 0 Å². The molecule has 27 heavy (non-hydrogen) atoms. The van der Waals surface area contributed by atoms with Crippen molar-refractivity contribution in [2.45, 2.75) is 19.1 Å². The highest BCUT2D eigenvalue weighted by Crippen LogP contribution is 2.17. The minimum atomic E-state index is -3.12. The lowest BCUT2D eigenvalue weighted by Gasteiger charge is -2.22. The van der Waals surface area contributed by atoms with Crippen LogP contribution < -0.4 is 4.74 Å². The van der Waals surface area contributed by atoms with Gasteiger partial charge >= 0.3 is 12.6 Å². The van der Waals surface area contributed by atoms with Gasteiger partial charge in [0.15, 0.2) is 16.4 Å². The van der Waals surface area contributed by atoms with Crippen LogP contribution in [0, 0.1) is 0 Å². The number of esters is 1. The van der Waals surface area contributed by atoms with E-state index in [1.54, 1.807) is 0 Å². The number of amides is 1. The van der Waals surface area contributed by atoms with Crippen molar-refractivity contribution >= 4 is 27.8 Å². The molecule has 1 atom stereocenters. The summed E-state index contributed by atoms with van der Waals surface area (Å²) in [7, 11) is -1.65. The van der Waals surface area contributed by atoms with E-state index in [2.05, 4.69) is 4.74 Å². The molecular formula is C17H19F2NO6S. The van der Waals surface area contributed by atoms with Gasteiger partial charge in [-0.2, -0.15) is 8.78 Å². The topological polar surface area (TPSA) is 90.0 Å². The summed E-state index contributed by atoms with van der Waals surface area (Å²) in [5.41, 5.74) is 0.549. The first-order chi connectivity index (χ1) is 12.7. The molecule has 1 aliphatic rings. The lowest BCUT2D eigenvalue weighted by atomic mass is 10.2. The molecule has 2 rings (SSSR count). The Kier molecular flexibility index (Phi) is 6.89. The number of rotatable bonds is 7. The number of sulfone groups is 1. The summed E-state index contributed by atoms with van der Waals surface area (Å²) in [6, 6.07) is 5.18. The minimum Gasteiger partial charge on any atom is -0.452 e. The molecule has 1 aromatic carbocycles. The Morgan fingerprint density at radius 2 is 1.96 bits per heavy atom. The van der Waals surface area contributed by atoms with Crippen molar-refractivity contribution in [1.82, 2.24) is 4.90 Å². The van der Waals surface area contributed by atoms with Gasteiger partial charge < -0.3 is 14.4 Å². The molecular weight excluding hydrogens is 384 g/mol. The fourth-order valence-electron chi connectivity index (χ4n) is 2.49. The van der Waals surface area contributed by atoms with Gasteiger partial charge in [-0.3, -0.25) is 4.79 Å². The first-order valence-electron chi connectivity index (χ1n) is 8.02. The highest BCUT2D eigenvalue weighted by Gasteiger charge is 2.32. The van der Waals surface area contributed by atoms with Gasteiger partial charge in [0, 0.05) is 19.2 Å². The first-order valence-corrected chi connectivity index (χ1v) is 9.84. The number of nitrogens with zero attached hydrogens (tertiary/aromatic N) is 1. The van der Waals surface area contributed by atoms with Crippen LogP contribution in [0.4, 0.5) is 8.78 Å². The molecule has 0 unspecified atom stereocenters. The molecule has 0 spiro atoms. The number of ether oxygens (including phenoxy) is 2. The molecule has 0 bridgehead atoms. The zero-order valence-electron chi connectivity index (χ0n) is 14.5. The molecule has 0 saturated carbocycles. The van der Waals surface area contributed by atoms with Crippen molar-refractivity contribution in [2.75, 3.05) is 25.2 Å². The molecule has 1 aliphatic heterocycles. The molecule has 1 saturated heterocycles. The quantitative estimate of drug-likeness (QED) is 0.506. The molecule has 0 N–H and O–H groups in total. The monoisotopic (exact) mass is 403 g/mol. The lowest BCUT2D eigenvalue weighted by Crippen LogP contribution is -2.40. The number of likely N-dealkylation sites (N-methyl/N-ethyl adjacent to an activating group) is 1. The van der Waals surface area contributed by atoms with Crippen LogP contribution in [0.3, 0.4) is 0 Å². The fraction of sp³-hybridized carbons (Fsp3) is 0.412. The average molecular weight is 403 g/mol. The largest absolute Gasteiger partial charge is 0.452 e. The van der Waals surface area contributed by atoms with Crippen LogP contribution in [0.5, 0.6) is 5.75 Å². The number of hydrogen-bond donors (Lipinski definition) is 0. The number of carbonyl (C=O) groups is 2.